The first-order valence-electron chi connectivity index (χ1n) is 4.99. The number of hydrogen-bond donors (Lipinski definition) is 2. The van der Waals surface area contributed by atoms with Gasteiger partial charge in [-0.15, -0.1) is 0 Å². The molecule has 0 aromatic rings. The molecule has 4 nitrogen and oxygen atoms in total. The van der Waals surface area contributed by atoms with Gasteiger partial charge in [-0.3, -0.25) is 4.79 Å². The van der Waals surface area contributed by atoms with Crippen molar-refractivity contribution in [1.82, 2.24) is 5.32 Å². The summed E-state index contributed by atoms with van der Waals surface area (Å²) in [5.74, 6) is 1.43. The third-order valence-corrected chi connectivity index (χ3v) is 3.04. The van der Waals surface area contributed by atoms with E-state index >= 15 is 0 Å². The summed E-state index contributed by atoms with van der Waals surface area (Å²) in [5, 5.41) is 2.86. The van der Waals surface area contributed by atoms with Gasteiger partial charge in [-0.25, -0.2) is 0 Å². The second kappa shape index (κ2) is 7.09. The second-order valence-electron chi connectivity index (χ2n) is 3.28. The van der Waals surface area contributed by atoms with Crippen molar-refractivity contribution >= 4 is 17.7 Å². The Kier molecular flexibility index (Phi) is 5.98. The smallest absolute Gasteiger partial charge is 0.230 e. The van der Waals surface area contributed by atoms with Crippen molar-refractivity contribution in [3.05, 3.63) is 0 Å². The quantitative estimate of drug-likeness (QED) is 0.615. The number of rotatable bonds is 6. The average Bonchev–Trinajstić information content (AvgIpc) is 2.68. The number of carbonyl (C=O) groups excluding carboxylic acids is 1. The van der Waals surface area contributed by atoms with Gasteiger partial charge in [0.2, 0.25) is 5.91 Å². The lowest BCUT2D eigenvalue weighted by Crippen LogP contribution is -2.33. The lowest BCUT2D eigenvalue weighted by Gasteiger charge is -2.10. The van der Waals surface area contributed by atoms with Gasteiger partial charge in [-0.1, -0.05) is 0 Å². The van der Waals surface area contributed by atoms with E-state index in [1.165, 1.54) is 0 Å². The van der Waals surface area contributed by atoms with Crippen LogP contribution in [0.2, 0.25) is 0 Å². The molecule has 0 saturated carbocycles. The SMILES string of the molecule is NCCSCC(=O)NCC1CCCO1. The molecule has 0 bridgehead atoms. The molecule has 1 aliphatic heterocycles. The maximum Gasteiger partial charge on any atom is 0.230 e. The molecular formula is C9H18N2O2S. The van der Waals surface area contributed by atoms with Gasteiger partial charge in [-0.05, 0) is 12.8 Å². The van der Waals surface area contributed by atoms with E-state index in [9.17, 15) is 4.79 Å². The largest absolute Gasteiger partial charge is 0.376 e. The number of carbonyl (C=O) groups is 1. The van der Waals surface area contributed by atoms with E-state index in [2.05, 4.69) is 5.32 Å². The van der Waals surface area contributed by atoms with Crippen molar-refractivity contribution in [3.63, 3.8) is 0 Å². The number of nitrogens with one attached hydrogen (secondary N) is 1. The van der Waals surface area contributed by atoms with E-state index in [1.54, 1.807) is 11.8 Å². The third-order valence-electron chi connectivity index (χ3n) is 2.05. The molecule has 0 aromatic heterocycles. The van der Waals surface area contributed by atoms with E-state index in [-0.39, 0.29) is 12.0 Å². The van der Waals surface area contributed by atoms with Crippen molar-refractivity contribution in [2.75, 3.05) is 31.2 Å². The highest BCUT2D eigenvalue weighted by atomic mass is 32.2. The normalized spacial score (nSPS) is 21.1. The van der Waals surface area contributed by atoms with Gasteiger partial charge < -0.3 is 15.8 Å². The minimum absolute atomic E-state index is 0.0824. The van der Waals surface area contributed by atoms with Crippen LogP contribution < -0.4 is 11.1 Å². The molecule has 5 heteroatoms. The molecule has 0 aliphatic carbocycles. The Morgan fingerprint density at radius 3 is 3.14 bits per heavy atom. The summed E-state index contributed by atoms with van der Waals surface area (Å²) >= 11 is 1.57. The van der Waals surface area contributed by atoms with Gasteiger partial charge in [0.05, 0.1) is 11.9 Å². The van der Waals surface area contributed by atoms with E-state index in [0.717, 1.165) is 25.2 Å². The highest BCUT2D eigenvalue weighted by Crippen LogP contribution is 2.10. The summed E-state index contributed by atoms with van der Waals surface area (Å²) < 4.78 is 5.39. The molecule has 0 spiro atoms. The van der Waals surface area contributed by atoms with Crippen LogP contribution in [-0.4, -0.2) is 43.2 Å². The predicted octanol–water partition coefficient (Wildman–Crippen LogP) is -0.0265. The van der Waals surface area contributed by atoms with Crippen LogP contribution in [0, 0.1) is 0 Å². The molecule has 14 heavy (non-hydrogen) atoms. The van der Waals surface area contributed by atoms with Gasteiger partial charge in [0, 0.05) is 25.4 Å². The first-order valence-corrected chi connectivity index (χ1v) is 6.14. The van der Waals surface area contributed by atoms with Gasteiger partial charge in [0.15, 0.2) is 0 Å². The number of hydrogen-bond acceptors (Lipinski definition) is 4. The highest BCUT2D eigenvalue weighted by Gasteiger charge is 2.15. The van der Waals surface area contributed by atoms with E-state index < -0.39 is 0 Å². The zero-order chi connectivity index (χ0) is 10.2. The molecule has 3 N–H and O–H groups in total. The topological polar surface area (TPSA) is 64.4 Å². The summed E-state index contributed by atoms with van der Waals surface area (Å²) in [6.45, 7) is 2.12. The minimum Gasteiger partial charge on any atom is -0.376 e. The fourth-order valence-electron chi connectivity index (χ4n) is 1.33. The van der Waals surface area contributed by atoms with Crippen LogP contribution in [0.3, 0.4) is 0 Å². The molecule has 1 atom stereocenters. The summed E-state index contributed by atoms with van der Waals surface area (Å²) in [6, 6.07) is 0. The fourth-order valence-corrected chi connectivity index (χ4v) is 1.93. The fraction of sp³-hybridized carbons (Fsp3) is 0.889. The monoisotopic (exact) mass is 218 g/mol. The van der Waals surface area contributed by atoms with Gasteiger partial charge in [0.1, 0.15) is 0 Å². The summed E-state index contributed by atoms with van der Waals surface area (Å²) in [4.78, 5) is 11.2. The molecule has 0 radical (unpaired) electrons. The van der Waals surface area contributed by atoms with Gasteiger partial charge >= 0.3 is 0 Å². The van der Waals surface area contributed by atoms with Crippen molar-refractivity contribution in [1.29, 1.82) is 0 Å². The van der Waals surface area contributed by atoms with Crippen molar-refractivity contribution in [2.45, 2.75) is 18.9 Å². The number of amides is 1. The van der Waals surface area contributed by atoms with Crippen LogP contribution in [0.15, 0.2) is 0 Å². The average molecular weight is 218 g/mol. The Labute approximate surface area is 88.9 Å². The maximum absolute atomic E-state index is 11.2. The highest BCUT2D eigenvalue weighted by molar-refractivity contribution is 7.99. The predicted molar refractivity (Wildman–Crippen MR) is 58.4 cm³/mol. The first kappa shape index (κ1) is 11.8. The van der Waals surface area contributed by atoms with Gasteiger partial charge in [-0.2, -0.15) is 11.8 Å². The minimum atomic E-state index is 0.0824. The van der Waals surface area contributed by atoms with Crippen molar-refractivity contribution in [2.24, 2.45) is 5.73 Å². The van der Waals surface area contributed by atoms with Crippen LogP contribution in [-0.2, 0) is 9.53 Å². The lowest BCUT2D eigenvalue weighted by molar-refractivity contribution is -0.119. The Morgan fingerprint density at radius 1 is 1.64 bits per heavy atom. The zero-order valence-electron chi connectivity index (χ0n) is 8.33. The van der Waals surface area contributed by atoms with E-state index in [0.29, 0.717) is 18.8 Å². The Bertz CT molecular complexity index is 172. The van der Waals surface area contributed by atoms with Crippen LogP contribution in [0.5, 0.6) is 0 Å². The molecule has 1 amide bonds. The number of ether oxygens (including phenoxy) is 1. The number of nitrogens with two attached hydrogens (primary N) is 1. The summed E-state index contributed by atoms with van der Waals surface area (Å²) in [7, 11) is 0. The standard InChI is InChI=1S/C9H18N2O2S/c10-3-5-14-7-9(12)11-6-8-2-1-4-13-8/h8H,1-7,10H2,(H,11,12). The molecule has 0 aromatic carbocycles. The molecule has 1 saturated heterocycles. The Balaban J connectivity index is 1.96. The zero-order valence-corrected chi connectivity index (χ0v) is 9.15. The summed E-state index contributed by atoms with van der Waals surface area (Å²) in [6.07, 6.45) is 2.41. The molecule has 1 aliphatic rings. The van der Waals surface area contributed by atoms with E-state index in [1.807, 2.05) is 0 Å². The van der Waals surface area contributed by atoms with E-state index in [4.69, 9.17) is 10.5 Å². The number of thioether (sulfide) groups is 1. The molecular weight excluding hydrogens is 200 g/mol. The summed E-state index contributed by atoms with van der Waals surface area (Å²) in [5.41, 5.74) is 5.32. The maximum atomic E-state index is 11.2. The van der Waals surface area contributed by atoms with Crippen molar-refractivity contribution in [3.8, 4) is 0 Å². The van der Waals surface area contributed by atoms with Crippen LogP contribution in [0.4, 0.5) is 0 Å². The molecule has 1 fully saturated rings. The van der Waals surface area contributed by atoms with Crippen molar-refractivity contribution < 1.29 is 9.53 Å². The van der Waals surface area contributed by atoms with Gasteiger partial charge in [0.25, 0.3) is 0 Å². The lowest BCUT2D eigenvalue weighted by atomic mass is 10.2. The molecule has 82 valence electrons. The van der Waals surface area contributed by atoms with Crippen LogP contribution in [0.1, 0.15) is 12.8 Å². The first-order chi connectivity index (χ1) is 6.83. The molecule has 1 heterocycles. The third kappa shape index (κ3) is 4.83. The van der Waals surface area contributed by atoms with Crippen LogP contribution in [0.25, 0.3) is 0 Å². The Morgan fingerprint density at radius 2 is 2.50 bits per heavy atom. The molecule has 1 rings (SSSR count). The Hall–Kier alpha value is -0.260. The molecule has 1 unspecified atom stereocenters. The second-order valence-corrected chi connectivity index (χ2v) is 4.39. The van der Waals surface area contributed by atoms with Crippen LogP contribution >= 0.6 is 11.8 Å².